The van der Waals surface area contributed by atoms with Gasteiger partial charge in [-0.1, -0.05) is 27.2 Å². The van der Waals surface area contributed by atoms with Crippen LogP contribution in [-0.2, 0) is 0 Å². The fourth-order valence-electron chi connectivity index (χ4n) is 1.72. The summed E-state index contributed by atoms with van der Waals surface area (Å²) >= 11 is 0. The van der Waals surface area contributed by atoms with Crippen LogP contribution in [0.2, 0.25) is 0 Å². The minimum absolute atomic E-state index is 0.729. The Morgan fingerprint density at radius 1 is 1.00 bits per heavy atom. The fraction of sp³-hybridized carbons (Fsp3) is 1.00. The van der Waals surface area contributed by atoms with Crippen LogP contribution in [0.15, 0.2) is 0 Å². The maximum absolute atomic E-state index is 2.34. The maximum Gasteiger partial charge on any atom is 0.00609 e. The van der Waals surface area contributed by atoms with Crippen LogP contribution in [0.3, 0.4) is 0 Å². The Bertz CT molecular complexity index is 118. The minimum atomic E-state index is 0.729. The van der Waals surface area contributed by atoms with Gasteiger partial charge in [0.25, 0.3) is 0 Å². The molecule has 0 aromatic carbocycles. The Kier molecular flexibility index (Phi) is 6.40. The lowest BCUT2D eigenvalue weighted by Gasteiger charge is -2.24. The van der Waals surface area contributed by atoms with Gasteiger partial charge in [-0.15, -0.1) is 0 Å². The molecule has 1 heteroatoms. The maximum atomic E-state index is 2.34. The molecule has 0 aliphatic rings. The average Bonchev–Trinajstić information content (AvgIpc) is 2.04. The highest BCUT2D eigenvalue weighted by Crippen LogP contribution is 2.21. The third-order valence-electron chi connectivity index (χ3n) is 3.30. The Morgan fingerprint density at radius 2 is 1.54 bits per heavy atom. The van der Waals surface area contributed by atoms with Gasteiger partial charge in [0.1, 0.15) is 0 Å². The smallest absolute Gasteiger partial charge is 0.00609 e. The van der Waals surface area contributed by atoms with Gasteiger partial charge in [-0.25, -0.2) is 0 Å². The Hall–Kier alpha value is -0.0400. The second kappa shape index (κ2) is 6.42. The van der Waals surface area contributed by atoms with E-state index in [-0.39, 0.29) is 0 Å². The van der Waals surface area contributed by atoms with Crippen molar-refractivity contribution in [2.24, 2.45) is 11.8 Å². The van der Waals surface area contributed by atoms with Crippen molar-refractivity contribution in [3.8, 4) is 0 Å². The van der Waals surface area contributed by atoms with Crippen LogP contribution in [0.1, 0.15) is 47.0 Å². The summed E-state index contributed by atoms with van der Waals surface area (Å²) in [4.78, 5) is 2.31. The van der Waals surface area contributed by atoms with Crippen LogP contribution in [0.4, 0.5) is 0 Å². The molecule has 80 valence electrons. The third kappa shape index (κ3) is 5.30. The predicted octanol–water partition coefficient (Wildman–Crippen LogP) is 3.40. The van der Waals surface area contributed by atoms with Gasteiger partial charge in [-0.05, 0) is 45.7 Å². The zero-order valence-electron chi connectivity index (χ0n) is 10.3. The highest BCUT2D eigenvalue weighted by Gasteiger charge is 2.13. The molecule has 0 saturated heterocycles. The van der Waals surface area contributed by atoms with Gasteiger partial charge in [-0.2, -0.15) is 0 Å². The van der Waals surface area contributed by atoms with E-state index in [9.17, 15) is 0 Å². The molecule has 0 aliphatic heterocycles. The lowest BCUT2D eigenvalue weighted by atomic mass is 9.88. The van der Waals surface area contributed by atoms with Crippen LogP contribution in [-0.4, -0.2) is 25.0 Å². The second-order valence-electron chi connectivity index (χ2n) is 4.80. The number of hydrogen-bond acceptors (Lipinski definition) is 1. The molecule has 2 unspecified atom stereocenters. The molecule has 0 radical (unpaired) electrons. The van der Waals surface area contributed by atoms with Gasteiger partial charge in [0.2, 0.25) is 0 Å². The van der Waals surface area contributed by atoms with E-state index in [4.69, 9.17) is 0 Å². The largest absolute Gasteiger partial charge is 0.307 e. The van der Waals surface area contributed by atoms with Crippen molar-refractivity contribution >= 4 is 0 Å². The summed E-state index contributed by atoms with van der Waals surface area (Å²) in [5.74, 6) is 1.77. The summed E-state index contributed by atoms with van der Waals surface area (Å²) in [5.41, 5.74) is 0. The molecule has 0 saturated carbocycles. The average molecular weight is 185 g/mol. The number of hydrogen-bond donors (Lipinski definition) is 0. The van der Waals surface area contributed by atoms with Crippen LogP contribution >= 0.6 is 0 Å². The molecular formula is C12H27N. The van der Waals surface area contributed by atoms with E-state index < -0.39 is 0 Å². The molecule has 0 amide bonds. The predicted molar refractivity (Wildman–Crippen MR) is 61.0 cm³/mol. The van der Waals surface area contributed by atoms with Crippen LogP contribution in [0.5, 0.6) is 0 Å². The Balaban J connectivity index is 3.72. The zero-order valence-corrected chi connectivity index (χ0v) is 10.3. The van der Waals surface area contributed by atoms with Gasteiger partial charge >= 0.3 is 0 Å². The monoisotopic (exact) mass is 185 g/mol. The van der Waals surface area contributed by atoms with Gasteiger partial charge in [0.15, 0.2) is 0 Å². The van der Waals surface area contributed by atoms with Gasteiger partial charge < -0.3 is 4.90 Å². The van der Waals surface area contributed by atoms with Gasteiger partial charge in [0, 0.05) is 6.04 Å². The lowest BCUT2D eigenvalue weighted by Crippen LogP contribution is -2.25. The van der Waals surface area contributed by atoms with E-state index >= 15 is 0 Å². The summed E-state index contributed by atoms with van der Waals surface area (Å²) in [5, 5.41) is 0. The molecular weight excluding hydrogens is 158 g/mol. The summed E-state index contributed by atoms with van der Waals surface area (Å²) in [6, 6.07) is 0.729. The van der Waals surface area contributed by atoms with E-state index in [0.29, 0.717) is 0 Å². The first-order valence-corrected chi connectivity index (χ1v) is 5.65. The molecule has 13 heavy (non-hydrogen) atoms. The third-order valence-corrected chi connectivity index (χ3v) is 3.30. The standard InChI is InChI=1S/C12H27N/c1-7-12(10(2)3)9-8-11(4)13(5)6/h10-12H,7-9H2,1-6H3. The molecule has 0 N–H and O–H groups in total. The highest BCUT2D eigenvalue weighted by molar-refractivity contribution is 4.66. The molecule has 0 aromatic rings. The molecule has 0 fully saturated rings. The molecule has 2 atom stereocenters. The minimum Gasteiger partial charge on any atom is -0.307 e. The number of nitrogens with zero attached hydrogens (tertiary/aromatic N) is 1. The Labute approximate surface area is 84.5 Å². The fourth-order valence-corrected chi connectivity index (χ4v) is 1.72. The van der Waals surface area contributed by atoms with E-state index in [2.05, 4.69) is 46.7 Å². The van der Waals surface area contributed by atoms with Crippen molar-refractivity contribution < 1.29 is 0 Å². The summed E-state index contributed by atoms with van der Waals surface area (Å²) in [6.07, 6.45) is 4.05. The lowest BCUT2D eigenvalue weighted by molar-refractivity contribution is 0.255. The van der Waals surface area contributed by atoms with E-state index in [1.54, 1.807) is 0 Å². The summed E-state index contributed by atoms with van der Waals surface area (Å²) in [6.45, 7) is 9.31. The first kappa shape index (κ1) is 13.0. The van der Waals surface area contributed by atoms with Crippen LogP contribution in [0, 0.1) is 11.8 Å². The molecule has 0 heterocycles. The van der Waals surface area contributed by atoms with E-state index in [1.807, 2.05) is 0 Å². The van der Waals surface area contributed by atoms with Crippen molar-refractivity contribution in [1.82, 2.24) is 4.90 Å². The summed E-state index contributed by atoms with van der Waals surface area (Å²) < 4.78 is 0. The topological polar surface area (TPSA) is 3.24 Å². The van der Waals surface area contributed by atoms with Crippen molar-refractivity contribution in [3.63, 3.8) is 0 Å². The quantitative estimate of drug-likeness (QED) is 0.613. The molecule has 0 spiro atoms. The van der Waals surface area contributed by atoms with Crippen molar-refractivity contribution in [1.29, 1.82) is 0 Å². The normalized spacial score (nSPS) is 16.6. The first-order valence-electron chi connectivity index (χ1n) is 5.65. The first-order chi connectivity index (χ1) is 5.99. The van der Waals surface area contributed by atoms with Gasteiger partial charge in [-0.3, -0.25) is 0 Å². The van der Waals surface area contributed by atoms with Crippen molar-refractivity contribution in [3.05, 3.63) is 0 Å². The van der Waals surface area contributed by atoms with E-state index in [1.165, 1.54) is 19.3 Å². The van der Waals surface area contributed by atoms with Crippen LogP contribution < -0.4 is 0 Å². The van der Waals surface area contributed by atoms with Crippen molar-refractivity contribution in [2.45, 2.75) is 53.0 Å². The number of rotatable bonds is 6. The zero-order chi connectivity index (χ0) is 10.4. The molecule has 0 aliphatic carbocycles. The highest BCUT2D eigenvalue weighted by atomic mass is 15.1. The molecule has 1 nitrogen and oxygen atoms in total. The molecule has 0 aromatic heterocycles. The molecule has 0 bridgehead atoms. The van der Waals surface area contributed by atoms with Crippen LogP contribution in [0.25, 0.3) is 0 Å². The van der Waals surface area contributed by atoms with Gasteiger partial charge in [0.05, 0.1) is 0 Å². The second-order valence-corrected chi connectivity index (χ2v) is 4.80. The molecule has 0 rings (SSSR count). The Morgan fingerprint density at radius 3 is 1.85 bits per heavy atom. The van der Waals surface area contributed by atoms with E-state index in [0.717, 1.165) is 17.9 Å². The SMILES string of the molecule is CCC(CCC(C)N(C)C)C(C)C. The van der Waals surface area contributed by atoms with Crippen molar-refractivity contribution in [2.75, 3.05) is 14.1 Å². The summed E-state index contributed by atoms with van der Waals surface area (Å²) in [7, 11) is 4.34.